The molecule has 0 amide bonds. The fraction of sp³-hybridized carbons (Fsp3) is 0.444. The molecule has 2 rings (SSSR count). The first kappa shape index (κ1) is 21.2. The number of thiazole rings is 1. The van der Waals surface area contributed by atoms with Crippen molar-refractivity contribution in [1.29, 1.82) is 0 Å². The molecule has 1 heterocycles. The molecule has 0 radical (unpaired) electrons. The molecule has 2 N–H and O–H groups in total. The molecule has 0 fully saturated rings. The van der Waals surface area contributed by atoms with E-state index in [0.717, 1.165) is 29.7 Å². The molecule has 4 nitrogen and oxygen atoms in total. The number of benzene rings is 1. The van der Waals surface area contributed by atoms with Crippen molar-refractivity contribution in [2.24, 2.45) is 0 Å². The molecule has 0 atom stereocenters. The van der Waals surface area contributed by atoms with Crippen LogP contribution in [0.25, 0.3) is 0 Å². The van der Waals surface area contributed by atoms with E-state index >= 15 is 0 Å². The SMILES string of the molecule is CCc1cc(Oc2nc(Cl)c(Cl)s2)cc(CC)c1NC(=S)NC(C)(C)C. The van der Waals surface area contributed by atoms with Gasteiger partial charge in [0.05, 0.1) is 0 Å². The molecule has 0 unspecified atom stereocenters. The van der Waals surface area contributed by atoms with Crippen LogP contribution < -0.4 is 15.4 Å². The van der Waals surface area contributed by atoms with Crippen molar-refractivity contribution in [3.8, 4) is 10.9 Å². The van der Waals surface area contributed by atoms with E-state index in [1.165, 1.54) is 11.3 Å². The lowest BCUT2D eigenvalue weighted by Crippen LogP contribution is -2.43. The Bertz CT molecular complexity index is 756. The second-order valence-electron chi connectivity index (χ2n) is 6.80. The minimum atomic E-state index is -0.102. The lowest BCUT2D eigenvalue weighted by Gasteiger charge is -2.25. The van der Waals surface area contributed by atoms with E-state index < -0.39 is 0 Å². The Kier molecular flexibility index (Phi) is 7.13. The van der Waals surface area contributed by atoms with Crippen molar-refractivity contribution in [3.05, 3.63) is 32.7 Å². The summed E-state index contributed by atoms with van der Waals surface area (Å²) in [5.41, 5.74) is 3.16. The highest BCUT2D eigenvalue weighted by atomic mass is 35.5. The van der Waals surface area contributed by atoms with Crippen molar-refractivity contribution in [2.45, 2.75) is 53.0 Å². The number of aryl methyl sites for hydroxylation is 2. The van der Waals surface area contributed by atoms with Gasteiger partial charge in [-0.15, -0.1) is 0 Å². The molecule has 0 aliphatic carbocycles. The molecule has 0 saturated heterocycles. The highest BCUT2D eigenvalue weighted by molar-refractivity contribution is 7.80. The van der Waals surface area contributed by atoms with Gasteiger partial charge >= 0.3 is 0 Å². The van der Waals surface area contributed by atoms with Crippen molar-refractivity contribution >= 4 is 57.6 Å². The average molecular weight is 432 g/mol. The minimum Gasteiger partial charge on any atom is -0.431 e. The van der Waals surface area contributed by atoms with Crippen LogP contribution in [-0.4, -0.2) is 15.6 Å². The molecule has 8 heteroatoms. The van der Waals surface area contributed by atoms with Gasteiger partial charge in [0.15, 0.2) is 10.3 Å². The van der Waals surface area contributed by atoms with E-state index in [1.54, 1.807) is 0 Å². The molecule has 2 aromatic rings. The largest absolute Gasteiger partial charge is 0.431 e. The third-order valence-electron chi connectivity index (χ3n) is 3.50. The van der Waals surface area contributed by atoms with Gasteiger partial charge in [0.2, 0.25) is 0 Å². The lowest BCUT2D eigenvalue weighted by atomic mass is 10.0. The zero-order valence-electron chi connectivity index (χ0n) is 15.5. The van der Waals surface area contributed by atoms with Crippen LogP contribution in [0, 0.1) is 0 Å². The maximum Gasteiger partial charge on any atom is 0.281 e. The Morgan fingerprint density at radius 2 is 1.77 bits per heavy atom. The maximum atomic E-state index is 5.96. The topological polar surface area (TPSA) is 46.2 Å². The molecule has 1 aromatic carbocycles. The predicted molar refractivity (Wildman–Crippen MR) is 117 cm³/mol. The van der Waals surface area contributed by atoms with Crippen LogP contribution in [0.15, 0.2) is 12.1 Å². The van der Waals surface area contributed by atoms with E-state index in [4.69, 9.17) is 40.2 Å². The van der Waals surface area contributed by atoms with Crippen LogP contribution in [0.3, 0.4) is 0 Å². The van der Waals surface area contributed by atoms with E-state index in [0.29, 0.717) is 20.4 Å². The monoisotopic (exact) mass is 431 g/mol. The van der Waals surface area contributed by atoms with Crippen LogP contribution in [0.4, 0.5) is 5.69 Å². The van der Waals surface area contributed by atoms with Crippen LogP contribution >= 0.6 is 46.8 Å². The smallest absolute Gasteiger partial charge is 0.281 e. The third-order valence-corrected chi connectivity index (χ3v) is 5.32. The fourth-order valence-corrected chi connectivity index (χ4v) is 3.86. The Labute approximate surface area is 174 Å². The second-order valence-corrected chi connectivity index (χ2v) is 9.13. The van der Waals surface area contributed by atoms with Crippen molar-refractivity contribution in [1.82, 2.24) is 10.3 Å². The standard InChI is InChI=1S/C18H23Cl2N3OS2/c1-6-10-8-12(24-17-22-14(19)15(20)26-17)9-11(7-2)13(10)21-16(25)23-18(3,4)5/h8-9H,6-7H2,1-5H3,(H2,21,23,25). The third kappa shape index (κ3) is 5.71. The number of hydrogen-bond acceptors (Lipinski definition) is 4. The molecular weight excluding hydrogens is 409 g/mol. The summed E-state index contributed by atoms with van der Waals surface area (Å²) in [6, 6.07) is 3.98. The van der Waals surface area contributed by atoms with Gasteiger partial charge in [-0.1, -0.05) is 48.4 Å². The zero-order valence-corrected chi connectivity index (χ0v) is 18.6. The lowest BCUT2D eigenvalue weighted by molar-refractivity contribution is 0.477. The van der Waals surface area contributed by atoms with E-state index in [2.05, 4.69) is 50.2 Å². The first-order valence-electron chi connectivity index (χ1n) is 8.37. The number of hydrogen-bond donors (Lipinski definition) is 2. The molecule has 0 saturated carbocycles. The van der Waals surface area contributed by atoms with Gasteiger partial charge in [-0.05, 0) is 69.1 Å². The summed E-state index contributed by atoms with van der Waals surface area (Å²) in [7, 11) is 0. The van der Waals surface area contributed by atoms with Gasteiger partial charge in [-0.2, -0.15) is 4.98 Å². The number of nitrogens with one attached hydrogen (secondary N) is 2. The Morgan fingerprint density at radius 1 is 1.19 bits per heavy atom. The van der Waals surface area contributed by atoms with Gasteiger partial charge in [0, 0.05) is 11.2 Å². The summed E-state index contributed by atoms with van der Waals surface area (Å²) in [5.74, 6) is 0.709. The van der Waals surface area contributed by atoms with E-state index in [-0.39, 0.29) is 10.7 Å². The highest BCUT2D eigenvalue weighted by Crippen LogP contribution is 2.37. The summed E-state index contributed by atoms with van der Waals surface area (Å²) < 4.78 is 6.29. The highest BCUT2D eigenvalue weighted by Gasteiger charge is 2.16. The van der Waals surface area contributed by atoms with Crippen LogP contribution in [0.1, 0.15) is 45.7 Å². The number of anilines is 1. The fourth-order valence-electron chi connectivity index (χ4n) is 2.41. The molecule has 142 valence electrons. The molecule has 1 aromatic heterocycles. The van der Waals surface area contributed by atoms with Crippen molar-refractivity contribution in [2.75, 3.05) is 5.32 Å². The summed E-state index contributed by atoms with van der Waals surface area (Å²) in [4.78, 5) is 4.11. The maximum absolute atomic E-state index is 5.96. The summed E-state index contributed by atoms with van der Waals surface area (Å²) >= 11 is 18.5. The van der Waals surface area contributed by atoms with Crippen molar-refractivity contribution < 1.29 is 4.74 Å². The molecular formula is C18H23Cl2N3OS2. The van der Waals surface area contributed by atoms with Gasteiger partial charge in [0.1, 0.15) is 10.1 Å². The Balaban J connectivity index is 2.30. The summed E-state index contributed by atoms with van der Waals surface area (Å²) in [5, 5.41) is 7.93. The van der Waals surface area contributed by atoms with Crippen LogP contribution in [-0.2, 0) is 12.8 Å². The summed E-state index contributed by atoms with van der Waals surface area (Å²) in [6.07, 6.45) is 1.67. The van der Waals surface area contributed by atoms with E-state index in [1.807, 2.05) is 12.1 Å². The van der Waals surface area contributed by atoms with Gasteiger partial charge in [0.25, 0.3) is 5.19 Å². The summed E-state index contributed by atoms with van der Waals surface area (Å²) in [6.45, 7) is 10.4. The van der Waals surface area contributed by atoms with Gasteiger partial charge in [-0.25, -0.2) is 0 Å². The number of ether oxygens (including phenoxy) is 1. The van der Waals surface area contributed by atoms with E-state index in [9.17, 15) is 0 Å². The van der Waals surface area contributed by atoms with Crippen molar-refractivity contribution in [3.63, 3.8) is 0 Å². The molecule has 0 aliphatic heterocycles. The number of thiocarbonyl (C=S) groups is 1. The number of aromatic nitrogens is 1. The molecule has 0 spiro atoms. The zero-order chi connectivity index (χ0) is 19.5. The molecule has 0 bridgehead atoms. The predicted octanol–water partition coefficient (Wildman–Crippen LogP) is 6.45. The molecule has 26 heavy (non-hydrogen) atoms. The van der Waals surface area contributed by atoms with Crippen LogP contribution in [0.5, 0.6) is 10.9 Å². The Hall–Kier alpha value is -1.08. The van der Waals surface area contributed by atoms with Gasteiger partial charge < -0.3 is 15.4 Å². The first-order valence-corrected chi connectivity index (χ1v) is 10.4. The quantitative estimate of drug-likeness (QED) is 0.532. The number of halogens is 2. The normalized spacial score (nSPS) is 11.3. The number of nitrogens with zero attached hydrogens (tertiary/aromatic N) is 1. The number of rotatable bonds is 5. The minimum absolute atomic E-state index is 0.102. The first-order chi connectivity index (χ1) is 12.1. The average Bonchev–Trinajstić information content (AvgIpc) is 2.84. The Morgan fingerprint density at radius 3 is 2.19 bits per heavy atom. The van der Waals surface area contributed by atoms with Gasteiger partial charge in [-0.3, -0.25) is 0 Å². The molecule has 0 aliphatic rings. The second kappa shape index (κ2) is 8.74. The van der Waals surface area contributed by atoms with Crippen LogP contribution in [0.2, 0.25) is 9.49 Å².